The van der Waals surface area contributed by atoms with E-state index in [-0.39, 0.29) is 23.8 Å². The maximum absolute atomic E-state index is 12.7. The van der Waals surface area contributed by atoms with E-state index >= 15 is 0 Å². The molecule has 0 aliphatic heterocycles. The third-order valence-electron chi connectivity index (χ3n) is 9.76. The fourth-order valence-corrected chi connectivity index (χ4v) is 6.86. The largest absolute Gasteiger partial charge is 0.426 e. The van der Waals surface area contributed by atoms with E-state index in [2.05, 4.69) is 38.1 Å². The Labute approximate surface area is 255 Å². The molecule has 0 bridgehead atoms. The Morgan fingerprint density at radius 1 is 0.548 bits per heavy atom. The molecule has 0 heterocycles. The number of carbonyl (C=O) groups is 2. The van der Waals surface area contributed by atoms with Crippen LogP contribution in [-0.4, -0.2) is 11.9 Å². The predicted octanol–water partition coefficient (Wildman–Crippen LogP) is 10.1. The molecule has 0 atom stereocenters. The molecule has 2 aromatic carbocycles. The third-order valence-corrected chi connectivity index (χ3v) is 9.76. The van der Waals surface area contributed by atoms with Gasteiger partial charge in [0.25, 0.3) is 0 Å². The number of carbonyl (C=O) groups excluding carboxylic acids is 2. The van der Waals surface area contributed by atoms with Crippen molar-refractivity contribution in [1.29, 1.82) is 0 Å². The molecule has 0 spiro atoms. The summed E-state index contributed by atoms with van der Waals surface area (Å²) in [5.41, 5.74) is 2.54. The van der Waals surface area contributed by atoms with Crippen LogP contribution in [0.15, 0.2) is 48.5 Å². The van der Waals surface area contributed by atoms with Gasteiger partial charge in [0.15, 0.2) is 0 Å². The average molecular weight is 575 g/mol. The first-order valence-electron chi connectivity index (χ1n) is 17.1. The Morgan fingerprint density at radius 3 is 1.24 bits per heavy atom. The number of esters is 2. The lowest BCUT2D eigenvalue weighted by Gasteiger charge is -2.27. The van der Waals surface area contributed by atoms with Crippen molar-refractivity contribution in [2.75, 3.05) is 0 Å². The molecule has 4 nitrogen and oxygen atoms in total. The van der Waals surface area contributed by atoms with Crippen molar-refractivity contribution in [2.45, 2.75) is 129 Å². The topological polar surface area (TPSA) is 52.6 Å². The van der Waals surface area contributed by atoms with Crippen molar-refractivity contribution in [3.63, 3.8) is 0 Å². The summed E-state index contributed by atoms with van der Waals surface area (Å²) in [6.07, 6.45) is 20.5. The van der Waals surface area contributed by atoms with Gasteiger partial charge in [0.2, 0.25) is 0 Å². The minimum atomic E-state index is -0.0533. The summed E-state index contributed by atoms with van der Waals surface area (Å²) in [7, 11) is 0. The van der Waals surface area contributed by atoms with Gasteiger partial charge < -0.3 is 9.47 Å². The van der Waals surface area contributed by atoms with E-state index < -0.39 is 0 Å². The van der Waals surface area contributed by atoms with E-state index in [0.29, 0.717) is 11.5 Å². The summed E-state index contributed by atoms with van der Waals surface area (Å²) in [4.78, 5) is 25.3. The number of ether oxygens (including phenoxy) is 2. The minimum absolute atomic E-state index is 0.0533. The van der Waals surface area contributed by atoms with Gasteiger partial charge in [-0.1, -0.05) is 76.6 Å². The van der Waals surface area contributed by atoms with Gasteiger partial charge >= 0.3 is 11.9 Å². The third kappa shape index (κ3) is 10.6. The molecule has 0 aromatic heterocycles. The number of aryl methyl sites for hydroxylation is 2. The normalized spacial score (nSPS) is 22.4. The lowest BCUT2D eigenvalue weighted by molar-refractivity contribution is -0.141. The Morgan fingerprint density at radius 2 is 0.905 bits per heavy atom. The number of hydrogen-bond donors (Lipinski definition) is 0. The molecular weight excluding hydrogens is 520 g/mol. The molecule has 42 heavy (non-hydrogen) atoms. The Hall–Kier alpha value is -2.62. The van der Waals surface area contributed by atoms with Crippen LogP contribution in [0.4, 0.5) is 0 Å². The van der Waals surface area contributed by atoms with E-state index in [4.69, 9.17) is 9.47 Å². The van der Waals surface area contributed by atoms with Crippen LogP contribution in [-0.2, 0) is 22.4 Å². The summed E-state index contributed by atoms with van der Waals surface area (Å²) in [5, 5.41) is 0. The van der Waals surface area contributed by atoms with Crippen LogP contribution in [0.1, 0.15) is 128 Å². The van der Waals surface area contributed by atoms with E-state index in [1.54, 1.807) is 0 Å². The zero-order chi connectivity index (χ0) is 29.6. The smallest absolute Gasteiger partial charge is 0.314 e. The lowest BCUT2D eigenvalue weighted by Crippen LogP contribution is -2.25. The van der Waals surface area contributed by atoms with Crippen molar-refractivity contribution in [1.82, 2.24) is 0 Å². The number of unbranched alkanes of at least 4 members (excludes halogenated alkanes) is 3. The maximum atomic E-state index is 12.7. The first-order valence-corrected chi connectivity index (χ1v) is 17.1. The molecule has 0 N–H and O–H groups in total. The van der Waals surface area contributed by atoms with E-state index in [1.807, 2.05) is 24.3 Å². The second-order valence-corrected chi connectivity index (χ2v) is 13.1. The number of hydrogen-bond acceptors (Lipinski definition) is 4. The van der Waals surface area contributed by atoms with Gasteiger partial charge in [-0.3, -0.25) is 9.59 Å². The zero-order valence-corrected chi connectivity index (χ0v) is 26.3. The van der Waals surface area contributed by atoms with Crippen LogP contribution in [0.5, 0.6) is 11.5 Å². The van der Waals surface area contributed by atoms with Gasteiger partial charge in [-0.15, -0.1) is 0 Å². The van der Waals surface area contributed by atoms with Crippen molar-refractivity contribution >= 4 is 11.9 Å². The van der Waals surface area contributed by atoms with Crippen LogP contribution < -0.4 is 9.47 Å². The fourth-order valence-electron chi connectivity index (χ4n) is 6.86. The molecule has 2 aliphatic carbocycles. The van der Waals surface area contributed by atoms with Crippen molar-refractivity contribution < 1.29 is 19.1 Å². The fraction of sp³-hybridized carbons (Fsp3) is 0.632. The van der Waals surface area contributed by atoms with Crippen LogP contribution in [0.25, 0.3) is 0 Å². The van der Waals surface area contributed by atoms with E-state index in [9.17, 15) is 9.59 Å². The van der Waals surface area contributed by atoms with Gasteiger partial charge in [0.05, 0.1) is 11.8 Å². The van der Waals surface area contributed by atoms with Crippen LogP contribution in [0.2, 0.25) is 0 Å². The SMILES string of the molecule is CCCCC1CCC(C(=O)Oc2ccc(CCCCc3ccc(OC(=O)C4CCC(CCCC)CC4)cc3)cc2)CC1. The lowest BCUT2D eigenvalue weighted by atomic mass is 9.80. The summed E-state index contributed by atoms with van der Waals surface area (Å²) < 4.78 is 11.4. The molecule has 2 aliphatic rings. The van der Waals surface area contributed by atoms with Crippen molar-refractivity contribution in [3.05, 3.63) is 59.7 Å². The van der Waals surface area contributed by atoms with Crippen LogP contribution in [0.3, 0.4) is 0 Å². The van der Waals surface area contributed by atoms with Crippen molar-refractivity contribution in [3.8, 4) is 11.5 Å². The summed E-state index contributed by atoms with van der Waals surface area (Å²) >= 11 is 0. The molecule has 2 aromatic rings. The first-order chi connectivity index (χ1) is 20.5. The molecule has 2 saturated carbocycles. The van der Waals surface area contributed by atoms with Crippen molar-refractivity contribution in [2.24, 2.45) is 23.7 Å². The van der Waals surface area contributed by atoms with E-state index in [1.165, 1.54) is 49.7 Å². The molecule has 0 radical (unpaired) electrons. The van der Waals surface area contributed by atoms with E-state index in [0.717, 1.165) is 88.9 Å². The number of rotatable bonds is 15. The molecule has 0 saturated heterocycles. The first kappa shape index (κ1) is 32.3. The molecular formula is C38H54O4. The summed E-state index contributed by atoms with van der Waals surface area (Å²) in [6.45, 7) is 4.49. The standard InChI is InChI=1S/C38H54O4/c1-3-5-9-29-13-21-33(22-14-29)37(39)41-35-25-17-31(18-26-35)11-7-8-12-32-19-27-36(28-20-32)42-38(40)34-23-15-30(16-24-34)10-6-4-2/h17-20,25-30,33-34H,3-16,21-24H2,1-2H3. The highest BCUT2D eigenvalue weighted by molar-refractivity contribution is 5.75. The van der Waals surface area contributed by atoms with Gasteiger partial charge in [-0.05, 0) is 124 Å². The molecule has 4 heteroatoms. The highest BCUT2D eigenvalue weighted by atomic mass is 16.5. The quantitative estimate of drug-likeness (QED) is 0.121. The van der Waals surface area contributed by atoms with Crippen LogP contribution >= 0.6 is 0 Å². The van der Waals surface area contributed by atoms with Gasteiger partial charge in [0.1, 0.15) is 11.5 Å². The molecule has 230 valence electrons. The second kappa shape index (κ2) is 17.5. The molecule has 0 amide bonds. The summed E-state index contributed by atoms with van der Waals surface area (Å²) in [5.74, 6) is 2.94. The average Bonchev–Trinajstić information content (AvgIpc) is 3.03. The molecule has 0 unspecified atom stereocenters. The molecule has 4 rings (SSSR count). The second-order valence-electron chi connectivity index (χ2n) is 13.1. The Kier molecular flexibility index (Phi) is 13.4. The molecule has 2 fully saturated rings. The monoisotopic (exact) mass is 574 g/mol. The zero-order valence-electron chi connectivity index (χ0n) is 26.3. The minimum Gasteiger partial charge on any atom is -0.426 e. The highest BCUT2D eigenvalue weighted by Crippen LogP contribution is 2.34. The van der Waals surface area contributed by atoms with Gasteiger partial charge in [-0.2, -0.15) is 0 Å². The predicted molar refractivity (Wildman–Crippen MR) is 171 cm³/mol. The number of benzene rings is 2. The highest BCUT2D eigenvalue weighted by Gasteiger charge is 2.28. The van der Waals surface area contributed by atoms with Gasteiger partial charge in [0, 0.05) is 0 Å². The Balaban J connectivity index is 1.10. The summed E-state index contributed by atoms with van der Waals surface area (Å²) in [6, 6.07) is 16.1. The van der Waals surface area contributed by atoms with Crippen LogP contribution in [0, 0.1) is 23.7 Å². The maximum Gasteiger partial charge on any atom is 0.314 e. The Bertz CT molecular complexity index is 970. The van der Waals surface area contributed by atoms with Gasteiger partial charge in [-0.25, -0.2) is 0 Å².